The molecule has 0 fully saturated rings. The molecule has 0 radical (unpaired) electrons. The predicted octanol–water partition coefficient (Wildman–Crippen LogP) is 1.20. The van der Waals surface area contributed by atoms with E-state index < -0.39 is 0 Å². The minimum Gasteiger partial charge on any atom is -0.322 e. The van der Waals surface area contributed by atoms with Crippen LogP contribution in [0.5, 0.6) is 0 Å². The molecule has 0 amide bonds. The number of hydrogen-bond acceptors (Lipinski definition) is 3. The fourth-order valence-corrected chi connectivity index (χ4v) is 1.98. The second kappa shape index (κ2) is 3.58. The Morgan fingerprint density at radius 3 is 2.67 bits per heavy atom. The summed E-state index contributed by atoms with van der Waals surface area (Å²) < 4.78 is 1.99. The van der Waals surface area contributed by atoms with Gasteiger partial charge in [-0.25, -0.2) is 0 Å². The van der Waals surface area contributed by atoms with E-state index in [1.807, 2.05) is 24.6 Å². The summed E-state index contributed by atoms with van der Waals surface area (Å²) in [5, 5.41) is 3.68. The third-order valence-corrected chi connectivity index (χ3v) is 2.99. The average molecular weight is 183 g/mol. The van der Waals surface area contributed by atoms with E-state index in [1.165, 1.54) is 10.6 Å². The van der Waals surface area contributed by atoms with E-state index in [2.05, 4.69) is 18.1 Å². The van der Waals surface area contributed by atoms with Crippen LogP contribution in [0, 0.1) is 6.92 Å². The summed E-state index contributed by atoms with van der Waals surface area (Å²) in [6.07, 6.45) is 4.08. The molecule has 1 rings (SSSR count). The number of nitrogens with two attached hydrogens (primary N) is 1. The maximum atomic E-state index is 5.22. The van der Waals surface area contributed by atoms with E-state index in [9.17, 15) is 0 Å². The largest absolute Gasteiger partial charge is 0.322 e. The van der Waals surface area contributed by atoms with Gasteiger partial charge < -0.3 is 10.4 Å². The molecule has 0 bridgehead atoms. The van der Waals surface area contributed by atoms with Gasteiger partial charge in [-0.3, -0.25) is 0 Å². The third kappa shape index (κ3) is 1.43. The molecule has 3 nitrogen and oxygen atoms in total. The van der Waals surface area contributed by atoms with Gasteiger partial charge in [-0.15, -0.1) is 0 Å². The maximum absolute atomic E-state index is 5.22. The van der Waals surface area contributed by atoms with E-state index in [4.69, 9.17) is 5.84 Å². The van der Waals surface area contributed by atoms with E-state index >= 15 is 0 Å². The van der Waals surface area contributed by atoms with Crippen molar-refractivity contribution >= 4 is 17.4 Å². The Kier molecular flexibility index (Phi) is 2.70. The summed E-state index contributed by atoms with van der Waals surface area (Å²) in [7, 11) is 1.96. The van der Waals surface area contributed by atoms with Gasteiger partial charge >= 0.3 is 0 Å². The summed E-state index contributed by atoms with van der Waals surface area (Å²) in [6.45, 7) is 4.05. The molecule has 1 aromatic rings. The highest BCUT2D eigenvalue weighted by atomic mass is 32.1. The van der Waals surface area contributed by atoms with Crippen LogP contribution in [-0.4, -0.2) is 4.57 Å². The molecule has 0 saturated heterocycles. The molecule has 0 atom stereocenters. The van der Waals surface area contributed by atoms with Crippen LogP contribution in [0.15, 0.2) is 11.2 Å². The molecule has 1 aromatic heterocycles. The lowest BCUT2D eigenvalue weighted by Gasteiger charge is -1.93. The van der Waals surface area contributed by atoms with Gasteiger partial charge in [0.1, 0.15) is 0 Å². The first-order chi connectivity index (χ1) is 5.70. The molecule has 0 aromatic carbocycles. The highest BCUT2D eigenvalue weighted by molar-refractivity contribution is 7.10. The zero-order valence-electron chi connectivity index (χ0n) is 7.53. The van der Waals surface area contributed by atoms with Gasteiger partial charge in [0.25, 0.3) is 0 Å². The molecule has 0 unspecified atom stereocenters. The van der Waals surface area contributed by atoms with Crippen molar-refractivity contribution in [3.05, 3.63) is 21.4 Å². The number of thiazole rings is 1. The Balaban J connectivity index is 3.35. The third-order valence-electron chi connectivity index (χ3n) is 1.78. The number of nitrogens with zero attached hydrogens (tertiary/aromatic N) is 2. The van der Waals surface area contributed by atoms with Crippen molar-refractivity contribution < 1.29 is 0 Å². The Labute approximate surface area is 75.8 Å². The van der Waals surface area contributed by atoms with Crippen LogP contribution in [0.3, 0.4) is 0 Å². The standard InChI is InChI=1S/C8H13N3S/c1-4-5-7-6(2)11(3)8(10-9)12-7/h4-5H,9H2,1-3H3/b5-4-,10-8-. The summed E-state index contributed by atoms with van der Waals surface area (Å²) in [5.74, 6) is 5.22. The highest BCUT2D eigenvalue weighted by Gasteiger charge is 2.02. The van der Waals surface area contributed by atoms with Gasteiger partial charge in [0.05, 0.1) is 0 Å². The number of hydrogen-bond donors (Lipinski definition) is 1. The number of rotatable bonds is 1. The van der Waals surface area contributed by atoms with Crippen LogP contribution < -0.4 is 10.6 Å². The van der Waals surface area contributed by atoms with Crippen molar-refractivity contribution in [3.8, 4) is 0 Å². The first kappa shape index (κ1) is 9.06. The Hall–Kier alpha value is -1.03. The number of allylic oxidation sites excluding steroid dienone is 1. The molecule has 0 spiro atoms. The topological polar surface area (TPSA) is 43.3 Å². The monoisotopic (exact) mass is 183 g/mol. The molecule has 66 valence electrons. The van der Waals surface area contributed by atoms with Crippen molar-refractivity contribution in [2.75, 3.05) is 0 Å². The van der Waals surface area contributed by atoms with Crippen molar-refractivity contribution in [2.45, 2.75) is 13.8 Å². The second-order valence-electron chi connectivity index (χ2n) is 2.52. The molecule has 0 aliphatic carbocycles. The number of aromatic nitrogens is 1. The van der Waals surface area contributed by atoms with Crippen LogP contribution in [0.4, 0.5) is 0 Å². The molecule has 1 heterocycles. The van der Waals surface area contributed by atoms with Crippen LogP contribution >= 0.6 is 11.3 Å². The minimum atomic E-state index is 0.848. The molecule has 12 heavy (non-hydrogen) atoms. The Bertz CT molecular complexity index is 357. The fraction of sp³-hybridized carbons (Fsp3) is 0.375. The van der Waals surface area contributed by atoms with Crippen LogP contribution in [0.25, 0.3) is 6.08 Å². The molecule has 4 heteroatoms. The van der Waals surface area contributed by atoms with E-state index in [-0.39, 0.29) is 0 Å². The van der Waals surface area contributed by atoms with Gasteiger partial charge in [-0.2, -0.15) is 5.10 Å². The van der Waals surface area contributed by atoms with Gasteiger partial charge in [-0.1, -0.05) is 17.4 Å². The zero-order valence-corrected chi connectivity index (χ0v) is 8.35. The van der Waals surface area contributed by atoms with Crippen LogP contribution in [-0.2, 0) is 7.05 Å². The molecular formula is C8H13N3S. The fourth-order valence-electron chi connectivity index (χ4n) is 0.968. The summed E-state index contributed by atoms with van der Waals surface area (Å²) in [5.41, 5.74) is 1.20. The normalized spacial score (nSPS) is 13.1. The highest BCUT2D eigenvalue weighted by Crippen LogP contribution is 2.11. The lowest BCUT2D eigenvalue weighted by atomic mass is 10.3. The van der Waals surface area contributed by atoms with Gasteiger partial charge in [0.15, 0.2) is 0 Å². The molecular weight excluding hydrogens is 170 g/mol. The zero-order chi connectivity index (χ0) is 9.14. The lowest BCUT2D eigenvalue weighted by molar-refractivity contribution is 0.818. The molecule has 0 aliphatic rings. The van der Waals surface area contributed by atoms with E-state index in [1.54, 1.807) is 11.3 Å². The van der Waals surface area contributed by atoms with Gasteiger partial charge in [0, 0.05) is 17.6 Å². The summed E-state index contributed by atoms with van der Waals surface area (Å²) in [6, 6.07) is 0. The summed E-state index contributed by atoms with van der Waals surface area (Å²) in [4.78, 5) is 2.06. The van der Waals surface area contributed by atoms with Crippen molar-refractivity contribution in [1.82, 2.24) is 4.57 Å². The van der Waals surface area contributed by atoms with Crippen molar-refractivity contribution in [3.63, 3.8) is 0 Å². The van der Waals surface area contributed by atoms with E-state index in [0.29, 0.717) is 0 Å². The minimum absolute atomic E-state index is 0.848. The van der Waals surface area contributed by atoms with Crippen molar-refractivity contribution in [2.24, 2.45) is 18.0 Å². The smallest absolute Gasteiger partial charge is 0.208 e. The molecule has 0 saturated carbocycles. The Morgan fingerprint density at radius 1 is 1.58 bits per heavy atom. The first-order valence-electron chi connectivity index (χ1n) is 3.73. The lowest BCUT2D eigenvalue weighted by Crippen LogP contribution is -2.13. The summed E-state index contributed by atoms with van der Waals surface area (Å²) >= 11 is 1.60. The quantitative estimate of drug-likeness (QED) is 0.516. The average Bonchev–Trinajstić information content (AvgIpc) is 2.33. The SMILES string of the molecule is C/C=C\c1s/c(=N\N)n(C)c1C. The van der Waals surface area contributed by atoms with Crippen molar-refractivity contribution in [1.29, 1.82) is 0 Å². The van der Waals surface area contributed by atoms with E-state index in [0.717, 1.165) is 4.80 Å². The van der Waals surface area contributed by atoms with Crippen LogP contribution in [0.1, 0.15) is 17.5 Å². The first-order valence-corrected chi connectivity index (χ1v) is 4.55. The maximum Gasteiger partial charge on any atom is 0.208 e. The Morgan fingerprint density at radius 2 is 2.25 bits per heavy atom. The van der Waals surface area contributed by atoms with Gasteiger partial charge in [-0.05, 0) is 19.9 Å². The second-order valence-corrected chi connectivity index (χ2v) is 3.53. The van der Waals surface area contributed by atoms with Gasteiger partial charge in [0.2, 0.25) is 4.80 Å². The molecule has 2 N–H and O–H groups in total. The van der Waals surface area contributed by atoms with Crippen LogP contribution in [0.2, 0.25) is 0 Å². The predicted molar refractivity (Wildman–Crippen MR) is 52.5 cm³/mol. The molecule has 0 aliphatic heterocycles.